The van der Waals surface area contributed by atoms with Crippen molar-refractivity contribution < 1.29 is 34.0 Å². The fraction of sp³-hybridized carbons (Fsp3) is 0.833. The fourth-order valence-corrected chi connectivity index (χ4v) is 1.15. The second kappa shape index (κ2) is 7.66. The van der Waals surface area contributed by atoms with E-state index < -0.39 is 36.6 Å². The van der Waals surface area contributed by atoms with Gasteiger partial charge < -0.3 is 24.6 Å². The quantitative estimate of drug-likeness (QED) is 0.196. The first-order valence-corrected chi connectivity index (χ1v) is 6.48. The Morgan fingerprint density at radius 2 is 1.77 bits per heavy atom. The highest BCUT2D eigenvalue weighted by Crippen LogP contribution is 2.13. The van der Waals surface area contributed by atoms with Crippen LogP contribution in [0.3, 0.4) is 0 Å². The summed E-state index contributed by atoms with van der Waals surface area (Å²) in [6.45, 7) is 8.67. The Balaban J connectivity index is 4.47. The highest BCUT2D eigenvalue weighted by atomic mass is 16.8. The maximum atomic E-state index is 11.7. The molecule has 0 aromatic carbocycles. The molecule has 0 bridgehead atoms. The molecule has 0 saturated heterocycles. The zero-order chi connectivity index (χ0) is 17.6. The predicted molar refractivity (Wildman–Crippen MR) is 73.4 cm³/mol. The largest absolute Gasteiger partial charge is 0.569 e. The molecule has 0 amide bonds. The van der Waals surface area contributed by atoms with E-state index >= 15 is 0 Å². The maximum absolute atomic E-state index is 11.7. The van der Waals surface area contributed by atoms with Crippen molar-refractivity contribution in [3.8, 4) is 0 Å². The molecule has 0 aromatic heterocycles. The molecule has 0 radical (unpaired) electrons. The van der Waals surface area contributed by atoms with E-state index in [-0.39, 0.29) is 4.97 Å². The molecule has 0 rings (SSSR count). The van der Waals surface area contributed by atoms with Gasteiger partial charge in [-0.3, -0.25) is 4.79 Å². The number of rotatable bonds is 6. The molecule has 0 aromatic rings. The Morgan fingerprint density at radius 3 is 2.18 bits per heavy atom. The van der Waals surface area contributed by atoms with E-state index in [1.54, 1.807) is 41.5 Å². The van der Waals surface area contributed by atoms with Gasteiger partial charge in [-0.15, -0.1) is 5.01 Å². The summed E-state index contributed by atoms with van der Waals surface area (Å²) in [5.41, 5.74) is -1.51. The molecule has 0 fully saturated rings. The van der Waals surface area contributed by atoms with Crippen LogP contribution in [0, 0.1) is 5.21 Å². The van der Waals surface area contributed by atoms with Crippen molar-refractivity contribution >= 4 is 12.1 Å². The standard InChI is InChI=1S/C12H23N3O7/c1-11(2,3)14(7-9(16)17)15(19)13-21-8-20-10(18)22-12(4,5)6/h7-8H2,1-6H3,(H,16,17)/b15-13-. The van der Waals surface area contributed by atoms with Crippen LogP contribution in [0.5, 0.6) is 0 Å². The van der Waals surface area contributed by atoms with Crippen molar-refractivity contribution in [2.24, 2.45) is 5.28 Å². The third-order valence-electron chi connectivity index (χ3n) is 2.01. The SMILES string of the molecule is CC(C)(C)OC(=O)OCO/N=[N+](\[O-])N(CC(=O)O)C(C)(C)C. The van der Waals surface area contributed by atoms with Gasteiger partial charge in [-0.1, -0.05) is 0 Å². The van der Waals surface area contributed by atoms with Gasteiger partial charge in [0.05, 0.1) is 10.5 Å². The smallest absolute Gasteiger partial charge is 0.511 e. The lowest BCUT2D eigenvalue weighted by molar-refractivity contribution is -0.724. The van der Waals surface area contributed by atoms with Crippen LogP contribution < -0.4 is 0 Å². The molecule has 0 unspecified atom stereocenters. The lowest BCUT2D eigenvalue weighted by atomic mass is 10.1. The van der Waals surface area contributed by atoms with E-state index in [0.717, 1.165) is 5.01 Å². The third kappa shape index (κ3) is 8.82. The minimum absolute atomic E-state index is 0.00737. The van der Waals surface area contributed by atoms with Gasteiger partial charge in [-0.25, -0.2) is 4.79 Å². The Morgan fingerprint density at radius 1 is 1.23 bits per heavy atom. The molecular weight excluding hydrogens is 298 g/mol. The molecule has 128 valence electrons. The number of carbonyl (C=O) groups is 2. The first-order chi connectivity index (χ1) is 9.83. The van der Waals surface area contributed by atoms with Crippen molar-refractivity contribution in [2.45, 2.75) is 52.7 Å². The van der Waals surface area contributed by atoms with Crippen LogP contribution in [-0.2, 0) is 19.1 Å². The van der Waals surface area contributed by atoms with Crippen LogP contribution in [-0.4, -0.2) is 51.7 Å². The molecule has 0 spiro atoms. The summed E-state index contributed by atoms with van der Waals surface area (Å²) in [5.74, 6) is -1.20. The van der Waals surface area contributed by atoms with Gasteiger partial charge in [-0.2, -0.15) is 0 Å². The molecule has 10 heteroatoms. The van der Waals surface area contributed by atoms with E-state index in [0.29, 0.717) is 0 Å². The zero-order valence-corrected chi connectivity index (χ0v) is 13.7. The van der Waals surface area contributed by atoms with Crippen molar-refractivity contribution in [2.75, 3.05) is 13.3 Å². The van der Waals surface area contributed by atoms with Crippen LogP contribution in [0.4, 0.5) is 4.79 Å². The monoisotopic (exact) mass is 321 g/mol. The van der Waals surface area contributed by atoms with E-state index in [1.165, 1.54) is 0 Å². The highest BCUT2D eigenvalue weighted by Gasteiger charge is 2.31. The lowest BCUT2D eigenvalue weighted by Gasteiger charge is -2.28. The molecule has 0 heterocycles. The Labute approximate surface area is 128 Å². The normalized spacial score (nSPS) is 12.5. The minimum Gasteiger partial charge on any atom is -0.569 e. The van der Waals surface area contributed by atoms with Crippen LogP contribution in [0.2, 0.25) is 0 Å². The van der Waals surface area contributed by atoms with E-state index in [9.17, 15) is 14.8 Å². The molecular formula is C12H23N3O7. The van der Waals surface area contributed by atoms with E-state index in [1.807, 2.05) is 0 Å². The summed E-state index contributed by atoms with van der Waals surface area (Å²) in [6, 6.07) is 0. The second-order valence-corrected chi connectivity index (χ2v) is 6.31. The Bertz CT molecular complexity index is 423. The number of carboxylic acid groups (broad SMARTS) is 1. The number of hydrazine groups is 1. The van der Waals surface area contributed by atoms with Gasteiger partial charge in [0.25, 0.3) is 6.79 Å². The van der Waals surface area contributed by atoms with Crippen LogP contribution in [0.15, 0.2) is 5.28 Å². The minimum atomic E-state index is -1.20. The number of hydrogen-bond acceptors (Lipinski definition) is 7. The Kier molecular flexibility index (Phi) is 6.88. The number of carboxylic acids is 1. The van der Waals surface area contributed by atoms with Crippen LogP contribution in [0.25, 0.3) is 0 Å². The fourth-order valence-electron chi connectivity index (χ4n) is 1.15. The summed E-state index contributed by atoms with van der Waals surface area (Å²) in [5, 5.41) is 24.5. The molecule has 0 aliphatic rings. The summed E-state index contributed by atoms with van der Waals surface area (Å²) >= 11 is 0. The second-order valence-electron chi connectivity index (χ2n) is 6.31. The maximum Gasteiger partial charge on any atom is 0.511 e. The summed E-state index contributed by atoms with van der Waals surface area (Å²) < 4.78 is 9.37. The molecule has 0 aliphatic heterocycles. The first-order valence-electron chi connectivity index (χ1n) is 6.48. The number of hydrogen-bond donors (Lipinski definition) is 1. The van der Waals surface area contributed by atoms with E-state index in [2.05, 4.69) is 14.9 Å². The number of ether oxygens (including phenoxy) is 2. The van der Waals surface area contributed by atoms with Crippen LogP contribution in [0.1, 0.15) is 41.5 Å². The van der Waals surface area contributed by atoms with Crippen LogP contribution >= 0.6 is 0 Å². The summed E-state index contributed by atoms with van der Waals surface area (Å²) in [4.78, 5) is 26.4. The van der Waals surface area contributed by atoms with Gasteiger partial charge in [-0.05, 0) is 41.5 Å². The molecule has 1 N–H and O–H groups in total. The predicted octanol–water partition coefficient (Wildman–Crippen LogP) is 1.89. The molecule has 0 aliphatic carbocycles. The van der Waals surface area contributed by atoms with Gasteiger partial charge in [0.2, 0.25) is 5.28 Å². The molecule has 22 heavy (non-hydrogen) atoms. The summed E-state index contributed by atoms with van der Waals surface area (Å²) in [7, 11) is 0. The third-order valence-corrected chi connectivity index (χ3v) is 2.01. The van der Waals surface area contributed by atoms with Gasteiger partial charge in [0.1, 0.15) is 5.60 Å². The number of aliphatic carboxylic acids is 1. The Hall–Kier alpha value is -2.26. The highest BCUT2D eigenvalue weighted by molar-refractivity contribution is 5.68. The topological polar surface area (TPSA) is 124 Å². The number of nitrogens with zero attached hydrogens (tertiary/aromatic N) is 3. The summed E-state index contributed by atoms with van der Waals surface area (Å²) in [6.07, 6.45) is -0.974. The zero-order valence-electron chi connectivity index (χ0n) is 13.7. The van der Waals surface area contributed by atoms with Gasteiger partial charge in [0.15, 0.2) is 6.54 Å². The number of carbonyl (C=O) groups excluding carboxylic acids is 1. The van der Waals surface area contributed by atoms with Crippen molar-refractivity contribution in [1.29, 1.82) is 0 Å². The molecule has 10 nitrogen and oxygen atoms in total. The van der Waals surface area contributed by atoms with Crippen molar-refractivity contribution in [3.63, 3.8) is 0 Å². The average molecular weight is 321 g/mol. The first kappa shape index (κ1) is 19.7. The lowest BCUT2D eigenvalue weighted by Crippen LogP contribution is -2.48. The van der Waals surface area contributed by atoms with Gasteiger partial charge in [0, 0.05) is 0 Å². The van der Waals surface area contributed by atoms with Crippen molar-refractivity contribution in [3.05, 3.63) is 5.21 Å². The average Bonchev–Trinajstić information content (AvgIpc) is 2.27. The molecule has 0 atom stereocenters. The molecule has 0 saturated carbocycles. The van der Waals surface area contributed by atoms with E-state index in [4.69, 9.17) is 9.84 Å². The van der Waals surface area contributed by atoms with Gasteiger partial charge >= 0.3 is 12.1 Å². The van der Waals surface area contributed by atoms with Crippen molar-refractivity contribution in [1.82, 2.24) is 5.01 Å².